The fourth-order valence-corrected chi connectivity index (χ4v) is 3.52. The second-order valence-corrected chi connectivity index (χ2v) is 5.77. The first-order chi connectivity index (χ1) is 8.63. The molecule has 0 saturated heterocycles. The molecule has 2 aromatic rings. The molecule has 0 fully saturated rings. The number of amidine groups is 1. The van der Waals surface area contributed by atoms with E-state index in [0.717, 1.165) is 18.0 Å². The Bertz CT molecular complexity index is 617. The lowest BCUT2D eigenvalue weighted by Crippen LogP contribution is -2.21. The van der Waals surface area contributed by atoms with Crippen molar-refractivity contribution in [3.8, 4) is 5.75 Å². The predicted molar refractivity (Wildman–Crippen MR) is 86.1 cm³/mol. The van der Waals surface area contributed by atoms with Crippen LogP contribution >= 0.6 is 45.2 Å². The van der Waals surface area contributed by atoms with Crippen LogP contribution in [0, 0.1) is 7.14 Å². The van der Waals surface area contributed by atoms with Crippen molar-refractivity contribution in [3.05, 3.63) is 31.5 Å². The Morgan fingerprint density at radius 2 is 2.22 bits per heavy atom. The zero-order valence-electron chi connectivity index (χ0n) is 9.10. The molecule has 0 bridgehead atoms. The maximum atomic E-state index is 8.50. The van der Waals surface area contributed by atoms with Crippen molar-refractivity contribution in [2.75, 3.05) is 6.61 Å². The third-order valence-corrected chi connectivity index (χ3v) is 3.94. The number of nitrogens with zero attached hydrogens (tertiary/aromatic N) is 2. The SMILES string of the molecule is N/C(COc1c(I)cc(I)c2cccnc12)=N\O. The van der Waals surface area contributed by atoms with Crippen LogP contribution in [0.2, 0.25) is 0 Å². The van der Waals surface area contributed by atoms with Crippen molar-refractivity contribution >= 4 is 61.9 Å². The summed E-state index contributed by atoms with van der Waals surface area (Å²) in [6, 6.07) is 5.87. The first-order valence-electron chi connectivity index (χ1n) is 4.95. The fourth-order valence-electron chi connectivity index (χ4n) is 1.46. The van der Waals surface area contributed by atoms with Crippen LogP contribution < -0.4 is 10.5 Å². The van der Waals surface area contributed by atoms with Gasteiger partial charge in [-0.15, -0.1) is 0 Å². The third kappa shape index (κ3) is 2.76. The number of aromatic nitrogens is 1. The van der Waals surface area contributed by atoms with Crippen molar-refractivity contribution in [1.82, 2.24) is 4.98 Å². The highest BCUT2D eigenvalue weighted by Gasteiger charge is 2.12. The Balaban J connectivity index is 2.49. The molecule has 0 spiro atoms. The smallest absolute Gasteiger partial charge is 0.177 e. The average molecular weight is 469 g/mol. The molecule has 1 aromatic carbocycles. The summed E-state index contributed by atoms with van der Waals surface area (Å²) >= 11 is 4.44. The third-order valence-electron chi connectivity index (χ3n) is 2.24. The summed E-state index contributed by atoms with van der Waals surface area (Å²) in [5, 5.41) is 12.4. The zero-order chi connectivity index (χ0) is 13.1. The number of halogens is 2. The molecule has 0 aliphatic carbocycles. The van der Waals surface area contributed by atoms with E-state index < -0.39 is 0 Å². The van der Waals surface area contributed by atoms with Gasteiger partial charge in [-0.1, -0.05) is 11.2 Å². The average Bonchev–Trinajstić information content (AvgIpc) is 2.38. The summed E-state index contributed by atoms with van der Waals surface area (Å²) in [6.45, 7) is 0.0266. The Labute approximate surface area is 131 Å². The minimum Gasteiger partial charge on any atom is -0.482 e. The molecule has 0 atom stereocenters. The van der Waals surface area contributed by atoms with Gasteiger partial charge in [-0.2, -0.15) is 0 Å². The van der Waals surface area contributed by atoms with Crippen LogP contribution in [0.1, 0.15) is 0 Å². The molecular formula is C11H9I2N3O2. The van der Waals surface area contributed by atoms with E-state index in [4.69, 9.17) is 15.7 Å². The standard InChI is InChI=1S/C11H9I2N3O2/c12-7-4-8(13)11(18-5-9(14)16-17)10-6(7)2-1-3-15-10/h1-4,17H,5H2,(H2,14,16). The van der Waals surface area contributed by atoms with Crippen LogP contribution in [0.25, 0.3) is 10.9 Å². The molecule has 94 valence electrons. The van der Waals surface area contributed by atoms with Crippen molar-refractivity contribution in [3.63, 3.8) is 0 Å². The van der Waals surface area contributed by atoms with Crippen LogP contribution in [-0.4, -0.2) is 22.6 Å². The molecule has 3 N–H and O–H groups in total. The number of benzene rings is 1. The number of oxime groups is 1. The van der Waals surface area contributed by atoms with Crippen LogP contribution in [0.5, 0.6) is 5.75 Å². The molecule has 1 heterocycles. The Hall–Kier alpha value is -0.840. The van der Waals surface area contributed by atoms with Gasteiger partial charge in [0.05, 0.1) is 3.57 Å². The molecule has 0 unspecified atom stereocenters. The molecule has 0 aliphatic rings. The number of fused-ring (bicyclic) bond motifs is 1. The van der Waals surface area contributed by atoms with Gasteiger partial charge in [-0.25, -0.2) is 0 Å². The molecule has 0 aliphatic heterocycles. The zero-order valence-corrected chi connectivity index (χ0v) is 13.4. The van der Waals surface area contributed by atoms with E-state index in [0.29, 0.717) is 5.75 Å². The van der Waals surface area contributed by atoms with E-state index in [1.807, 2.05) is 18.2 Å². The van der Waals surface area contributed by atoms with E-state index in [1.165, 1.54) is 0 Å². The summed E-state index contributed by atoms with van der Waals surface area (Å²) < 4.78 is 7.62. The number of pyridine rings is 1. The second kappa shape index (κ2) is 5.87. The molecule has 18 heavy (non-hydrogen) atoms. The Kier molecular flexibility index (Phi) is 4.43. The van der Waals surface area contributed by atoms with E-state index in [1.54, 1.807) is 6.20 Å². The molecule has 1 aromatic heterocycles. The monoisotopic (exact) mass is 469 g/mol. The van der Waals surface area contributed by atoms with Gasteiger partial charge >= 0.3 is 0 Å². The summed E-state index contributed by atoms with van der Waals surface area (Å²) in [5.74, 6) is 0.673. The van der Waals surface area contributed by atoms with E-state index in [2.05, 4.69) is 55.3 Å². The fraction of sp³-hybridized carbons (Fsp3) is 0.0909. The quantitative estimate of drug-likeness (QED) is 0.238. The van der Waals surface area contributed by atoms with Gasteiger partial charge in [-0.3, -0.25) is 4.98 Å². The highest BCUT2D eigenvalue weighted by Crippen LogP contribution is 2.32. The molecule has 2 rings (SSSR count). The van der Waals surface area contributed by atoms with Crippen LogP contribution in [-0.2, 0) is 0 Å². The maximum absolute atomic E-state index is 8.50. The Morgan fingerprint density at radius 3 is 2.94 bits per heavy atom. The lowest BCUT2D eigenvalue weighted by molar-refractivity contribution is 0.306. The van der Waals surface area contributed by atoms with Gasteiger partial charge in [0, 0.05) is 15.2 Å². The molecule has 0 amide bonds. The maximum Gasteiger partial charge on any atom is 0.177 e. The van der Waals surface area contributed by atoms with Gasteiger partial charge in [0.2, 0.25) is 0 Å². The van der Waals surface area contributed by atoms with Crippen molar-refractivity contribution < 1.29 is 9.94 Å². The van der Waals surface area contributed by atoms with Crippen molar-refractivity contribution in [1.29, 1.82) is 0 Å². The van der Waals surface area contributed by atoms with Crippen LogP contribution in [0.3, 0.4) is 0 Å². The van der Waals surface area contributed by atoms with E-state index >= 15 is 0 Å². The summed E-state index contributed by atoms with van der Waals surface area (Å²) in [7, 11) is 0. The van der Waals surface area contributed by atoms with Gasteiger partial charge in [-0.05, 0) is 57.3 Å². The minimum absolute atomic E-state index is 0.0217. The van der Waals surface area contributed by atoms with Gasteiger partial charge in [0.15, 0.2) is 11.6 Å². The van der Waals surface area contributed by atoms with Gasteiger partial charge in [0.25, 0.3) is 0 Å². The summed E-state index contributed by atoms with van der Waals surface area (Å²) in [6.07, 6.45) is 1.71. The highest BCUT2D eigenvalue weighted by molar-refractivity contribution is 14.1. The topological polar surface area (TPSA) is 80.7 Å². The lowest BCUT2D eigenvalue weighted by atomic mass is 10.2. The molecule has 0 saturated carbocycles. The Morgan fingerprint density at radius 1 is 1.44 bits per heavy atom. The predicted octanol–water partition coefficient (Wildman–Crippen LogP) is 2.57. The van der Waals surface area contributed by atoms with E-state index in [9.17, 15) is 0 Å². The molecular weight excluding hydrogens is 460 g/mol. The van der Waals surface area contributed by atoms with Crippen molar-refractivity contribution in [2.45, 2.75) is 0 Å². The largest absolute Gasteiger partial charge is 0.482 e. The lowest BCUT2D eigenvalue weighted by Gasteiger charge is -2.11. The normalized spacial score (nSPS) is 11.8. The van der Waals surface area contributed by atoms with Gasteiger partial charge in [0.1, 0.15) is 12.1 Å². The van der Waals surface area contributed by atoms with Gasteiger partial charge < -0.3 is 15.7 Å². The number of hydrogen-bond donors (Lipinski definition) is 2. The first kappa shape index (κ1) is 13.6. The number of rotatable bonds is 3. The number of hydrogen-bond acceptors (Lipinski definition) is 4. The molecule has 0 radical (unpaired) electrons. The number of ether oxygens (including phenoxy) is 1. The summed E-state index contributed by atoms with van der Waals surface area (Å²) in [5.41, 5.74) is 6.17. The highest BCUT2D eigenvalue weighted by atomic mass is 127. The van der Waals surface area contributed by atoms with Crippen molar-refractivity contribution in [2.24, 2.45) is 10.9 Å². The molecule has 7 heteroatoms. The minimum atomic E-state index is 0.0217. The van der Waals surface area contributed by atoms with Crippen LogP contribution in [0.15, 0.2) is 29.6 Å². The summed E-state index contributed by atoms with van der Waals surface area (Å²) in [4.78, 5) is 4.33. The van der Waals surface area contributed by atoms with E-state index in [-0.39, 0.29) is 12.4 Å². The van der Waals surface area contributed by atoms with Crippen LogP contribution in [0.4, 0.5) is 0 Å². The molecule has 5 nitrogen and oxygen atoms in total. The number of nitrogens with two attached hydrogens (primary N) is 1. The first-order valence-corrected chi connectivity index (χ1v) is 7.11. The second-order valence-electron chi connectivity index (χ2n) is 3.45.